The molecule has 0 saturated carbocycles. The molecule has 80 valence electrons. The van der Waals surface area contributed by atoms with Crippen molar-refractivity contribution in [1.29, 1.82) is 0 Å². The van der Waals surface area contributed by atoms with E-state index in [0.717, 1.165) is 12.8 Å². The van der Waals surface area contributed by atoms with E-state index in [0.29, 0.717) is 11.7 Å². The van der Waals surface area contributed by atoms with Gasteiger partial charge in [-0.15, -0.1) is 0 Å². The Balaban J connectivity index is 2.85. The minimum atomic E-state index is -0.467. The first-order valence-corrected chi connectivity index (χ1v) is 5.10. The lowest BCUT2D eigenvalue weighted by molar-refractivity contribution is 0.339. The molecule has 0 fully saturated rings. The predicted octanol–water partition coefficient (Wildman–Crippen LogP) is 2.17. The zero-order valence-corrected chi connectivity index (χ0v) is 9.37. The molecular weight excluding hydrogens is 178 g/mol. The Kier molecular flexibility index (Phi) is 3.26. The molecule has 1 rings (SSSR count). The van der Waals surface area contributed by atoms with Gasteiger partial charge >= 0.3 is 0 Å². The second-order valence-corrected chi connectivity index (χ2v) is 4.28. The van der Waals surface area contributed by atoms with E-state index >= 15 is 0 Å². The molecule has 0 aliphatic rings. The van der Waals surface area contributed by atoms with Gasteiger partial charge in [-0.1, -0.05) is 32.3 Å². The summed E-state index contributed by atoms with van der Waals surface area (Å²) in [5.41, 5.74) is 5.61. The number of hydrogen-bond donors (Lipinski definition) is 1. The quantitative estimate of drug-likeness (QED) is 0.803. The number of aromatic nitrogens is 2. The molecule has 0 saturated heterocycles. The van der Waals surface area contributed by atoms with Gasteiger partial charge in [-0.25, -0.2) is 0 Å². The third-order valence-electron chi connectivity index (χ3n) is 2.22. The average Bonchev–Trinajstić information content (AvgIpc) is 2.51. The maximum Gasteiger partial charge on any atom is 0.229 e. The van der Waals surface area contributed by atoms with E-state index < -0.39 is 5.54 Å². The van der Waals surface area contributed by atoms with Crippen LogP contribution in [-0.4, -0.2) is 10.1 Å². The van der Waals surface area contributed by atoms with Crippen LogP contribution in [0.15, 0.2) is 4.52 Å². The van der Waals surface area contributed by atoms with Gasteiger partial charge in [0.2, 0.25) is 5.89 Å². The van der Waals surface area contributed by atoms with Gasteiger partial charge in [0.25, 0.3) is 0 Å². The van der Waals surface area contributed by atoms with Crippen LogP contribution in [0, 0.1) is 0 Å². The van der Waals surface area contributed by atoms with Gasteiger partial charge in [0.05, 0.1) is 5.54 Å². The highest BCUT2D eigenvalue weighted by atomic mass is 16.5. The highest BCUT2D eigenvalue weighted by molar-refractivity contribution is 5.02. The second kappa shape index (κ2) is 4.09. The summed E-state index contributed by atoms with van der Waals surface area (Å²) in [4.78, 5) is 4.30. The lowest BCUT2D eigenvalue weighted by atomic mass is 9.97. The van der Waals surface area contributed by atoms with Crippen molar-refractivity contribution in [2.45, 2.75) is 52.0 Å². The zero-order chi connectivity index (χ0) is 10.8. The van der Waals surface area contributed by atoms with Crippen LogP contribution in [0.5, 0.6) is 0 Å². The Morgan fingerprint density at radius 1 is 1.50 bits per heavy atom. The fraction of sp³-hybridized carbons (Fsp3) is 0.800. The van der Waals surface area contributed by atoms with Crippen LogP contribution in [0.2, 0.25) is 0 Å². The van der Waals surface area contributed by atoms with Gasteiger partial charge in [-0.05, 0) is 13.3 Å². The standard InChI is InChI=1S/C10H19N3O/c1-5-6-10(4,11)9-12-8(7(2)3)14-13-9/h7H,5-6,11H2,1-4H3. The molecule has 2 N–H and O–H groups in total. The van der Waals surface area contributed by atoms with Gasteiger partial charge in [0.1, 0.15) is 0 Å². The molecule has 1 heterocycles. The Labute approximate surface area is 84.9 Å². The van der Waals surface area contributed by atoms with Crippen molar-refractivity contribution in [2.24, 2.45) is 5.73 Å². The first-order chi connectivity index (χ1) is 6.47. The summed E-state index contributed by atoms with van der Waals surface area (Å²) in [5, 5.41) is 3.92. The second-order valence-electron chi connectivity index (χ2n) is 4.28. The van der Waals surface area contributed by atoms with E-state index in [2.05, 4.69) is 17.1 Å². The normalized spacial score (nSPS) is 15.9. The molecule has 0 bridgehead atoms. The molecule has 0 aromatic carbocycles. The topological polar surface area (TPSA) is 64.9 Å². The molecule has 14 heavy (non-hydrogen) atoms. The van der Waals surface area contributed by atoms with E-state index in [1.165, 1.54) is 0 Å². The molecule has 1 unspecified atom stereocenters. The third-order valence-corrected chi connectivity index (χ3v) is 2.22. The smallest absolute Gasteiger partial charge is 0.229 e. The molecule has 4 heteroatoms. The number of nitrogens with zero attached hydrogens (tertiary/aromatic N) is 2. The number of nitrogens with two attached hydrogens (primary N) is 1. The van der Waals surface area contributed by atoms with Crippen molar-refractivity contribution in [3.8, 4) is 0 Å². The number of rotatable bonds is 4. The van der Waals surface area contributed by atoms with E-state index in [9.17, 15) is 0 Å². The van der Waals surface area contributed by atoms with Gasteiger partial charge in [-0.3, -0.25) is 0 Å². The van der Waals surface area contributed by atoms with Gasteiger partial charge in [-0.2, -0.15) is 4.98 Å². The van der Waals surface area contributed by atoms with Crippen LogP contribution in [0.25, 0.3) is 0 Å². The van der Waals surface area contributed by atoms with E-state index in [4.69, 9.17) is 10.3 Å². The Morgan fingerprint density at radius 2 is 2.14 bits per heavy atom. The minimum Gasteiger partial charge on any atom is -0.339 e. The fourth-order valence-electron chi connectivity index (χ4n) is 1.33. The van der Waals surface area contributed by atoms with Gasteiger partial charge in [0.15, 0.2) is 5.82 Å². The van der Waals surface area contributed by atoms with Crippen molar-refractivity contribution >= 4 is 0 Å². The van der Waals surface area contributed by atoms with Crippen LogP contribution in [-0.2, 0) is 5.54 Å². The summed E-state index contributed by atoms with van der Waals surface area (Å²) < 4.78 is 5.12. The van der Waals surface area contributed by atoms with Crippen LogP contribution < -0.4 is 5.73 Å². The van der Waals surface area contributed by atoms with E-state index in [1.807, 2.05) is 20.8 Å². The van der Waals surface area contributed by atoms with Crippen molar-refractivity contribution in [1.82, 2.24) is 10.1 Å². The first-order valence-electron chi connectivity index (χ1n) is 5.10. The Bertz CT molecular complexity index is 291. The Morgan fingerprint density at radius 3 is 2.57 bits per heavy atom. The van der Waals surface area contributed by atoms with Crippen molar-refractivity contribution in [3.05, 3.63) is 11.7 Å². The summed E-state index contributed by atoms with van der Waals surface area (Å²) in [6.07, 6.45) is 1.88. The molecule has 1 atom stereocenters. The Hall–Kier alpha value is -0.900. The van der Waals surface area contributed by atoms with Gasteiger partial charge < -0.3 is 10.3 Å². The summed E-state index contributed by atoms with van der Waals surface area (Å²) >= 11 is 0. The van der Waals surface area contributed by atoms with Crippen molar-refractivity contribution < 1.29 is 4.52 Å². The molecule has 0 aliphatic carbocycles. The van der Waals surface area contributed by atoms with Crippen molar-refractivity contribution in [3.63, 3.8) is 0 Å². The monoisotopic (exact) mass is 197 g/mol. The van der Waals surface area contributed by atoms with Crippen LogP contribution in [0.3, 0.4) is 0 Å². The molecule has 0 aliphatic heterocycles. The molecule has 4 nitrogen and oxygen atoms in total. The van der Waals surface area contributed by atoms with Gasteiger partial charge in [0, 0.05) is 5.92 Å². The SMILES string of the molecule is CCCC(C)(N)c1noc(C(C)C)n1. The minimum absolute atomic E-state index is 0.258. The average molecular weight is 197 g/mol. The molecule has 1 aromatic heterocycles. The van der Waals surface area contributed by atoms with Crippen LogP contribution >= 0.6 is 0 Å². The maximum absolute atomic E-state index is 6.08. The summed E-state index contributed by atoms with van der Waals surface area (Å²) in [5.74, 6) is 1.53. The highest BCUT2D eigenvalue weighted by Crippen LogP contribution is 2.22. The van der Waals surface area contributed by atoms with E-state index in [1.54, 1.807) is 0 Å². The lowest BCUT2D eigenvalue weighted by Gasteiger charge is -2.18. The lowest BCUT2D eigenvalue weighted by Crippen LogP contribution is -2.34. The predicted molar refractivity (Wildman–Crippen MR) is 54.8 cm³/mol. The molecular formula is C10H19N3O. The maximum atomic E-state index is 6.08. The van der Waals surface area contributed by atoms with Crippen LogP contribution in [0.4, 0.5) is 0 Å². The summed E-state index contributed by atoms with van der Waals surface area (Å²) in [7, 11) is 0. The van der Waals surface area contributed by atoms with E-state index in [-0.39, 0.29) is 5.92 Å². The largest absolute Gasteiger partial charge is 0.339 e. The highest BCUT2D eigenvalue weighted by Gasteiger charge is 2.26. The molecule has 0 amide bonds. The van der Waals surface area contributed by atoms with Crippen molar-refractivity contribution in [2.75, 3.05) is 0 Å². The molecule has 0 radical (unpaired) electrons. The third kappa shape index (κ3) is 2.32. The summed E-state index contributed by atoms with van der Waals surface area (Å²) in [6, 6.07) is 0. The molecule has 1 aromatic rings. The number of hydrogen-bond acceptors (Lipinski definition) is 4. The molecule has 0 spiro atoms. The first kappa shape index (κ1) is 11.2. The summed E-state index contributed by atoms with van der Waals surface area (Å²) in [6.45, 7) is 8.07. The van der Waals surface area contributed by atoms with Crippen LogP contribution in [0.1, 0.15) is 58.2 Å². The fourth-order valence-corrected chi connectivity index (χ4v) is 1.33. The zero-order valence-electron chi connectivity index (χ0n) is 9.37.